The lowest BCUT2D eigenvalue weighted by atomic mass is 9.97. The molecule has 0 fully saturated rings. The number of hydrogen-bond acceptors (Lipinski definition) is 2. The fraction of sp³-hybridized carbons (Fsp3) is 0.294. The zero-order valence-electron chi connectivity index (χ0n) is 12.5. The van der Waals surface area contributed by atoms with Crippen LogP contribution in [-0.4, -0.2) is 14.2 Å². The van der Waals surface area contributed by atoms with Crippen LogP contribution in [0, 0.1) is 13.8 Å². The predicted molar refractivity (Wildman–Crippen MR) is 93.9 cm³/mol. The number of ether oxygens (including phenoxy) is 2. The van der Waals surface area contributed by atoms with Crippen LogP contribution >= 0.6 is 31.9 Å². The normalized spacial score (nSPS) is 12.1. The predicted octanol–water partition coefficient (Wildman–Crippen LogP) is 5.57. The zero-order chi connectivity index (χ0) is 15.6. The summed E-state index contributed by atoms with van der Waals surface area (Å²) >= 11 is 7.38. The monoisotopic (exact) mass is 412 g/mol. The number of halogens is 2. The average molecular weight is 414 g/mol. The summed E-state index contributed by atoms with van der Waals surface area (Å²) in [6.45, 7) is 4.20. The summed E-state index contributed by atoms with van der Waals surface area (Å²) in [5.74, 6) is 1.67. The third-order valence-corrected chi connectivity index (χ3v) is 5.37. The maximum Gasteiger partial charge on any atom is 0.123 e. The summed E-state index contributed by atoms with van der Waals surface area (Å²) in [5.41, 5.74) is 4.71. The highest BCUT2D eigenvalue weighted by molar-refractivity contribution is 9.10. The molecule has 2 aromatic rings. The highest BCUT2D eigenvalue weighted by Gasteiger charge is 2.19. The Kier molecular flexibility index (Phi) is 5.33. The number of rotatable bonds is 4. The van der Waals surface area contributed by atoms with Crippen molar-refractivity contribution < 1.29 is 9.47 Å². The van der Waals surface area contributed by atoms with Gasteiger partial charge in [-0.15, -0.1) is 0 Å². The number of benzene rings is 2. The summed E-state index contributed by atoms with van der Waals surface area (Å²) in [7, 11) is 3.36. The molecule has 0 spiro atoms. The Morgan fingerprint density at radius 2 is 1.62 bits per heavy atom. The van der Waals surface area contributed by atoms with E-state index in [4.69, 9.17) is 9.47 Å². The van der Waals surface area contributed by atoms with Gasteiger partial charge in [-0.1, -0.05) is 37.9 Å². The fourth-order valence-electron chi connectivity index (χ4n) is 2.28. The second-order valence-corrected chi connectivity index (χ2v) is 6.70. The van der Waals surface area contributed by atoms with E-state index in [9.17, 15) is 0 Å². The molecule has 0 aliphatic heterocycles. The summed E-state index contributed by atoms with van der Waals surface area (Å²) in [5, 5.41) is 0. The van der Waals surface area contributed by atoms with Gasteiger partial charge in [0, 0.05) is 10.0 Å². The third kappa shape index (κ3) is 3.43. The van der Waals surface area contributed by atoms with Crippen LogP contribution in [-0.2, 0) is 0 Å². The molecular formula is C17H18Br2O2. The highest BCUT2D eigenvalue weighted by atomic mass is 79.9. The molecule has 1 unspecified atom stereocenters. The molecule has 0 saturated heterocycles. The topological polar surface area (TPSA) is 18.5 Å². The third-order valence-electron chi connectivity index (χ3n) is 3.53. The molecule has 2 aromatic carbocycles. The maximum absolute atomic E-state index is 5.49. The van der Waals surface area contributed by atoms with Gasteiger partial charge < -0.3 is 9.47 Å². The number of hydrogen-bond donors (Lipinski definition) is 0. The van der Waals surface area contributed by atoms with E-state index in [2.05, 4.69) is 57.8 Å². The van der Waals surface area contributed by atoms with Crippen molar-refractivity contribution in [3.8, 4) is 11.5 Å². The Morgan fingerprint density at radius 3 is 2.24 bits per heavy atom. The Balaban J connectivity index is 2.53. The van der Waals surface area contributed by atoms with Gasteiger partial charge in [-0.05, 0) is 54.8 Å². The molecule has 21 heavy (non-hydrogen) atoms. The van der Waals surface area contributed by atoms with Crippen LogP contribution in [0.2, 0.25) is 0 Å². The molecule has 0 N–H and O–H groups in total. The molecule has 112 valence electrons. The second-order valence-electron chi connectivity index (χ2n) is 4.93. The minimum Gasteiger partial charge on any atom is -0.497 e. The fourth-order valence-corrected chi connectivity index (χ4v) is 3.59. The van der Waals surface area contributed by atoms with E-state index in [1.807, 2.05) is 18.2 Å². The van der Waals surface area contributed by atoms with Crippen molar-refractivity contribution in [1.29, 1.82) is 0 Å². The van der Waals surface area contributed by atoms with E-state index in [1.54, 1.807) is 14.2 Å². The molecule has 2 rings (SSSR count). The molecule has 0 amide bonds. The minimum atomic E-state index is 0.0503. The van der Waals surface area contributed by atoms with Crippen LogP contribution in [0.3, 0.4) is 0 Å². The molecular weight excluding hydrogens is 396 g/mol. The van der Waals surface area contributed by atoms with E-state index in [0.29, 0.717) is 0 Å². The van der Waals surface area contributed by atoms with Gasteiger partial charge in [0.05, 0.1) is 19.0 Å². The Hall–Kier alpha value is -1.00. The van der Waals surface area contributed by atoms with Crippen molar-refractivity contribution in [3.05, 3.63) is 57.1 Å². The van der Waals surface area contributed by atoms with E-state index in [0.717, 1.165) is 21.5 Å². The van der Waals surface area contributed by atoms with Crippen molar-refractivity contribution in [3.63, 3.8) is 0 Å². The number of methoxy groups -OCH3 is 2. The lowest BCUT2D eigenvalue weighted by molar-refractivity contribution is 0.399. The van der Waals surface area contributed by atoms with Gasteiger partial charge in [0.25, 0.3) is 0 Å². The van der Waals surface area contributed by atoms with E-state index in [-0.39, 0.29) is 4.83 Å². The van der Waals surface area contributed by atoms with Gasteiger partial charge in [-0.25, -0.2) is 0 Å². The molecule has 2 nitrogen and oxygen atoms in total. The average Bonchev–Trinajstić information content (AvgIpc) is 2.49. The van der Waals surface area contributed by atoms with Crippen LogP contribution < -0.4 is 9.47 Å². The molecule has 0 saturated carbocycles. The lowest BCUT2D eigenvalue weighted by Gasteiger charge is -2.18. The zero-order valence-corrected chi connectivity index (χ0v) is 15.7. The van der Waals surface area contributed by atoms with Gasteiger partial charge >= 0.3 is 0 Å². The summed E-state index contributed by atoms with van der Waals surface area (Å²) in [6.07, 6.45) is 0. The molecule has 1 atom stereocenters. The van der Waals surface area contributed by atoms with Crippen LogP contribution in [0.25, 0.3) is 0 Å². The lowest BCUT2D eigenvalue weighted by Crippen LogP contribution is -2.01. The quantitative estimate of drug-likeness (QED) is 0.610. The largest absolute Gasteiger partial charge is 0.497 e. The highest BCUT2D eigenvalue weighted by Crippen LogP contribution is 2.40. The molecule has 0 aliphatic rings. The molecule has 0 radical (unpaired) electrons. The standard InChI is InChI=1S/C17H18Br2O2/c1-10-8-15(18)11(2)7-13(10)17(19)14-9-12(20-3)5-6-16(14)21-4/h5-9,17H,1-4H3. The van der Waals surface area contributed by atoms with Gasteiger partial charge in [-0.3, -0.25) is 0 Å². The van der Waals surface area contributed by atoms with Crippen LogP contribution in [0.5, 0.6) is 11.5 Å². The van der Waals surface area contributed by atoms with Gasteiger partial charge in [-0.2, -0.15) is 0 Å². The molecule has 0 aliphatic carbocycles. The Bertz CT molecular complexity index is 653. The van der Waals surface area contributed by atoms with Crippen molar-refractivity contribution in [1.82, 2.24) is 0 Å². The number of alkyl halides is 1. The van der Waals surface area contributed by atoms with Crippen molar-refractivity contribution in [2.75, 3.05) is 14.2 Å². The van der Waals surface area contributed by atoms with Crippen molar-refractivity contribution >= 4 is 31.9 Å². The van der Waals surface area contributed by atoms with Crippen molar-refractivity contribution in [2.24, 2.45) is 0 Å². The van der Waals surface area contributed by atoms with Crippen molar-refractivity contribution in [2.45, 2.75) is 18.7 Å². The van der Waals surface area contributed by atoms with Gasteiger partial charge in [0.2, 0.25) is 0 Å². The summed E-state index contributed by atoms with van der Waals surface area (Å²) in [4.78, 5) is 0.0503. The molecule has 0 heterocycles. The maximum atomic E-state index is 5.49. The van der Waals surface area contributed by atoms with E-state index in [1.165, 1.54) is 16.7 Å². The first-order chi connectivity index (χ1) is 9.97. The van der Waals surface area contributed by atoms with E-state index >= 15 is 0 Å². The Labute approximate surface area is 142 Å². The first kappa shape index (κ1) is 16.4. The minimum absolute atomic E-state index is 0.0503. The van der Waals surface area contributed by atoms with Crippen LogP contribution in [0.1, 0.15) is 27.1 Å². The molecule has 4 heteroatoms. The van der Waals surface area contributed by atoms with Crippen LogP contribution in [0.4, 0.5) is 0 Å². The van der Waals surface area contributed by atoms with E-state index < -0.39 is 0 Å². The molecule has 0 aromatic heterocycles. The second kappa shape index (κ2) is 6.84. The van der Waals surface area contributed by atoms with Gasteiger partial charge in [0.15, 0.2) is 0 Å². The first-order valence-corrected chi connectivity index (χ1v) is 8.31. The smallest absolute Gasteiger partial charge is 0.123 e. The van der Waals surface area contributed by atoms with Gasteiger partial charge in [0.1, 0.15) is 11.5 Å². The first-order valence-electron chi connectivity index (χ1n) is 6.60. The molecule has 0 bridgehead atoms. The summed E-state index contributed by atoms with van der Waals surface area (Å²) < 4.78 is 11.9. The van der Waals surface area contributed by atoms with Crippen LogP contribution in [0.15, 0.2) is 34.8 Å². The summed E-state index contributed by atoms with van der Waals surface area (Å²) in [6, 6.07) is 10.2. The SMILES string of the molecule is COc1ccc(OC)c(C(Br)c2cc(C)c(Br)cc2C)c1. The Morgan fingerprint density at radius 1 is 0.905 bits per heavy atom. The number of aryl methyl sites for hydroxylation is 2.